The maximum Gasteiger partial charge on any atom is 0.292 e. The number of nitrogens with zero attached hydrogens (tertiary/aromatic N) is 4. The van der Waals surface area contributed by atoms with Crippen molar-refractivity contribution in [2.24, 2.45) is 0 Å². The number of hydrogen-bond acceptors (Lipinski definition) is 5. The number of aromatic nitrogens is 1. The summed E-state index contributed by atoms with van der Waals surface area (Å²) in [6.07, 6.45) is 2.48. The van der Waals surface area contributed by atoms with Crippen LogP contribution < -0.4 is 0 Å². The lowest BCUT2D eigenvalue weighted by atomic mass is 10.1. The van der Waals surface area contributed by atoms with Gasteiger partial charge in [0.05, 0.1) is 12.7 Å². The van der Waals surface area contributed by atoms with Gasteiger partial charge < -0.3 is 19.1 Å². The normalized spacial score (nSPS) is 18.5. The van der Waals surface area contributed by atoms with Crippen LogP contribution >= 0.6 is 0 Å². The topological polar surface area (TPSA) is 87.0 Å². The first-order valence-electron chi connectivity index (χ1n) is 6.58. The fourth-order valence-corrected chi connectivity index (χ4v) is 2.28. The average molecular weight is 294 g/mol. The van der Waals surface area contributed by atoms with Crippen molar-refractivity contribution in [3.05, 3.63) is 18.4 Å². The van der Waals surface area contributed by atoms with Crippen molar-refractivity contribution in [3.8, 4) is 0 Å². The van der Waals surface area contributed by atoms with Gasteiger partial charge in [-0.15, -0.1) is 0 Å². The Hall–Kier alpha value is -2.38. The summed E-state index contributed by atoms with van der Waals surface area (Å²) in [6, 6.07) is -0.713. The largest absolute Gasteiger partial charge is 0.438 e. The van der Waals surface area contributed by atoms with Gasteiger partial charge >= 0.3 is 0 Å². The molecule has 2 heterocycles. The van der Waals surface area contributed by atoms with E-state index in [0.717, 1.165) is 0 Å². The summed E-state index contributed by atoms with van der Waals surface area (Å²) in [4.78, 5) is 44.3. The Labute approximate surface area is 122 Å². The number of likely N-dealkylation sites (N-methyl/N-ethyl adjacent to an activating group) is 1. The minimum absolute atomic E-state index is 0.0860. The van der Waals surface area contributed by atoms with Crippen molar-refractivity contribution in [2.75, 3.05) is 33.7 Å². The Morgan fingerprint density at radius 1 is 1.33 bits per heavy atom. The van der Waals surface area contributed by atoms with E-state index in [1.165, 1.54) is 29.3 Å². The molecule has 114 valence electrons. The molecule has 1 aliphatic rings. The molecule has 1 aromatic rings. The van der Waals surface area contributed by atoms with Gasteiger partial charge in [-0.05, 0) is 0 Å². The number of piperazine rings is 1. The van der Waals surface area contributed by atoms with E-state index in [4.69, 9.17) is 4.42 Å². The predicted octanol–water partition coefficient (Wildman–Crippen LogP) is -0.564. The molecule has 8 heteroatoms. The fourth-order valence-electron chi connectivity index (χ4n) is 2.28. The number of carbonyl (C=O) groups excluding carboxylic acids is 3. The van der Waals surface area contributed by atoms with E-state index in [-0.39, 0.29) is 30.7 Å². The van der Waals surface area contributed by atoms with Crippen molar-refractivity contribution in [1.82, 2.24) is 19.7 Å². The molecule has 0 aromatic carbocycles. The van der Waals surface area contributed by atoms with Crippen LogP contribution in [0.2, 0.25) is 0 Å². The van der Waals surface area contributed by atoms with Crippen LogP contribution in [0.1, 0.15) is 17.5 Å². The lowest BCUT2D eigenvalue weighted by Crippen LogP contribution is -2.61. The van der Waals surface area contributed by atoms with Crippen LogP contribution in [0, 0.1) is 0 Å². The van der Waals surface area contributed by atoms with Gasteiger partial charge in [0.25, 0.3) is 5.91 Å². The molecule has 21 heavy (non-hydrogen) atoms. The van der Waals surface area contributed by atoms with Gasteiger partial charge in [-0.1, -0.05) is 0 Å². The fraction of sp³-hybridized carbons (Fsp3) is 0.538. The summed E-state index contributed by atoms with van der Waals surface area (Å²) in [6.45, 7) is 2.31. The molecular formula is C13H18N4O4. The number of hydrogen-bond donors (Lipinski definition) is 0. The summed E-state index contributed by atoms with van der Waals surface area (Å²) in [5.74, 6) is -0.647. The smallest absolute Gasteiger partial charge is 0.292 e. The quantitative estimate of drug-likeness (QED) is 0.729. The Balaban J connectivity index is 2.24. The Bertz CT molecular complexity index is 540. The molecule has 1 atom stereocenters. The number of oxazole rings is 1. The molecule has 0 spiro atoms. The third-order valence-corrected chi connectivity index (χ3v) is 3.46. The molecule has 0 radical (unpaired) electrons. The monoisotopic (exact) mass is 294 g/mol. The van der Waals surface area contributed by atoms with E-state index in [1.807, 2.05) is 0 Å². The molecule has 2 rings (SSSR count). The zero-order valence-corrected chi connectivity index (χ0v) is 12.3. The maximum atomic E-state index is 12.4. The van der Waals surface area contributed by atoms with Crippen LogP contribution in [0.15, 0.2) is 17.0 Å². The highest BCUT2D eigenvalue weighted by molar-refractivity contribution is 5.95. The van der Waals surface area contributed by atoms with Crippen molar-refractivity contribution in [2.45, 2.75) is 13.0 Å². The van der Waals surface area contributed by atoms with Crippen molar-refractivity contribution in [1.29, 1.82) is 0 Å². The van der Waals surface area contributed by atoms with Gasteiger partial charge in [0, 0.05) is 34.1 Å². The van der Waals surface area contributed by atoms with E-state index in [1.54, 1.807) is 19.0 Å². The first-order chi connectivity index (χ1) is 9.91. The van der Waals surface area contributed by atoms with E-state index in [0.29, 0.717) is 6.54 Å². The zero-order chi connectivity index (χ0) is 15.6. The molecule has 0 saturated carbocycles. The summed E-state index contributed by atoms with van der Waals surface area (Å²) in [7, 11) is 3.23. The van der Waals surface area contributed by atoms with Crippen LogP contribution in [0.3, 0.4) is 0 Å². The zero-order valence-electron chi connectivity index (χ0n) is 12.3. The molecule has 1 unspecified atom stereocenters. The van der Waals surface area contributed by atoms with E-state index in [9.17, 15) is 14.4 Å². The third-order valence-electron chi connectivity index (χ3n) is 3.46. The van der Waals surface area contributed by atoms with Crippen molar-refractivity contribution >= 4 is 17.7 Å². The number of amides is 3. The molecule has 1 aliphatic heterocycles. The minimum Gasteiger partial charge on any atom is -0.438 e. The predicted molar refractivity (Wildman–Crippen MR) is 72.3 cm³/mol. The Morgan fingerprint density at radius 3 is 2.57 bits per heavy atom. The molecule has 1 saturated heterocycles. The summed E-state index contributed by atoms with van der Waals surface area (Å²) < 4.78 is 5.00. The van der Waals surface area contributed by atoms with Crippen LogP contribution in [0.4, 0.5) is 0 Å². The lowest BCUT2D eigenvalue weighted by molar-refractivity contribution is -0.139. The first kappa shape index (κ1) is 15.0. The SMILES string of the molecule is CC(=O)N1CCN(C(=O)c2cnco2)C(C(=O)N(C)C)C1. The second-order valence-electron chi connectivity index (χ2n) is 5.08. The van der Waals surface area contributed by atoms with E-state index in [2.05, 4.69) is 4.98 Å². The molecule has 3 amide bonds. The van der Waals surface area contributed by atoms with Gasteiger partial charge in [-0.2, -0.15) is 0 Å². The lowest BCUT2D eigenvalue weighted by Gasteiger charge is -2.40. The molecule has 0 aliphatic carbocycles. The molecule has 0 bridgehead atoms. The highest BCUT2D eigenvalue weighted by atomic mass is 16.3. The van der Waals surface area contributed by atoms with Crippen molar-refractivity contribution in [3.63, 3.8) is 0 Å². The highest BCUT2D eigenvalue weighted by Gasteiger charge is 2.38. The number of rotatable bonds is 2. The van der Waals surface area contributed by atoms with Gasteiger partial charge in [0.15, 0.2) is 6.39 Å². The third kappa shape index (κ3) is 3.04. The first-order valence-corrected chi connectivity index (χ1v) is 6.58. The second-order valence-corrected chi connectivity index (χ2v) is 5.08. The van der Waals surface area contributed by atoms with Crippen LogP contribution in [0.25, 0.3) is 0 Å². The molecule has 8 nitrogen and oxygen atoms in total. The van der Waals surface area contributed by atoms with Crippen LogP contribution in [-0.4, -0.2) is 77.2 Å². The van der Waals surface area contributed by atoms with Crippen LogP contribution in [-0.2, 0) is 9.59 Å². The summed E-state index contributed by atoms with van der Waals surface area (Å²) >= 11 is 0. The maximum absolute atomic E-state index is 12.4. The highest BCUT2D eigenvalue weighted by Crippen LogP contribution is 2.16. The van der Waals surface area contributed by atoms with E-state index < -0.39 is 11.9 Å². The van der Waals surface area contributed by atoms with Crippen molar-refractivity contribution < 1.29 is 18.8 Å². The molecule has 1 fully saturated rings. The molecule has 1 aromatic heterocycles. The standard InChI is InChI=1S/C13H18N4O4/c1-9(18)16-4-5-17(10(7-16)12(19)15(2)3)13(20)11-6-14-8-21-11/h6,8,10H,4-5,7H2,1-3H3. The average Bonchev–Trinajstić information content (AvgIpc) is 2.99. The van der Waals surface area contributed by atoms with E-state index >= 15 is 0 Å². The van der Waals surface area contributed by atoms with Crippen LogP contribution in [0.5, 0.6) is 0 Å². The number of carbonyl (C=O) groups is 3. The minimum atomic E-state index is -0.713. The van der Waals surface area contributed by atoms with Gasteiger partial charge in [0.1, 0.15) is 6.04 Å². The Morgan fingerprint density at radius 2 is 2.05 bits per heavy atom. The van der Waals surface area contributed by atoms with Gasteiger partial charge in [-0.25, -0.2) is 4.98 Å². The second kappa shape index (κ2) is 5.94. The summed E-state index contributed by atoms with van der Waals surface area (Å²) in [5, 5.41) is 0. The molecular weight excluding hydrogens is 276 g/mol. The van der Waals surface area contributed by atoms with Gasteiger partial charge in [0.2, 0.25) is 17.6 Å². The van der Waals surface area contributed by atoms with Gasteiger partial charge in [-0.3, -0.25) is 14.4 Å². The summed E-state index contributed by atoms with van der Waals surface area (Å²) in [5.41, 5.74) is 0. The Kier molecular flexibility index (Phi) is 4.25. The molecule has 0 N–H and O–H groups in total.